The van der Waals surface area contributed by atoms with Crippen molar-refractivity contribution >= 4 is 55.7 Å². The predicted molar refractivity (Wildman–Crippen MR) is 191 cm³/mol. The van der Waals surface area contributed by atoms with Crippen LogP contribution in [-0.2, 0) is 4.57 Å². The van der Waals surface area contributed by atoms with E-state index in [4.69, 9.17) is 4.57 Å². The number of aryl methyl sites for hydroxylation is 4. The first-order valence-electron chi connectivity index (χ1n) is 15.4. The normalized spacial score (nSPS) is 19.3. The Balaban J connectivity index is 2.48. The molecule has 0 aliphatic carbocycles. The van der Waals surface area contributed by atoms with Crippen LogP contribution in [0.1, 0.15) is 44.5 Å². The molecule has 1 saturated heterocycles. The van der Waals surface area contributed by atoms with Gasteiger partial charge in [-0.15, -0.1) is 0 Å². The highest BCUT2D eigenvalue weighted by Crippen LogP contribution is 2.47. The Morgan fingerprint density at radius 2 is 0.821 bits per heavy atom. The van der Waals surface area contributed by atoms with Crippen molar-refractivity contribution in [1.82, 2.24) is 0 Å². The van der Waals surface area contributed by atoms with Gasteiger partial charge in [-0.1, -0.05) is 110 Å². The lowest BCUT2D eigenvalue weighted by molar-refractivity contribution is 0.596. The molecule has 1 fully saturated rings. The van der Waals surface area contributed by atoms with Gasteiger partial charge < -0.3 is 4.57 Å². The van der Waals surface area contributed by atoms with Crippen molar-refractivity contribution in [3.05, 3.63) is 56.6 Å². The molecule has 0 saturated carbocycles. The average Bonchev–Trinajstić information content (AvgIpc) is 2.73. The van der Waals surface area contributed by atoms with E-state index in [0.29, 0.717) is 17.4 Å². The van der Waals surface area contributed by atoms with Crippen molar-refractivity contribution in [3.63, 3.8) is 0 Å². The fourth-order valence-electron chi connectivity index (χ4n) is 8.00. The molecular formula is C32H57B3OSi3. The summed E-state index contributed by atoms with van der Waals surface area (Å²) in [5.41, 5.74) is 14.5. The summed E-state index contributed by atoms with van der Waals surface area (Å²) in [4.78, 5) is 0. The largest absolute Gasteiger partial charge is 0.492 e. The van der Waals surface area contributed by atoms with E-state index in [1.54, 1.807) is 0 Å². The van der Waals surface area contributed by atoms with Crippen molar-refractivity contribution in [2.75, 3.05) is 0 Å². The molecule has 0 spiro atoms. The van der Waals surface area contributed by atoms with Crippen molar-refractivity contribution in [2.24, 2.45) is 0 Å². The highest BCUT2D eigenvalue weighted by molar-refractivity contribution is 7.19. The third kappa shape index (κ3) is 6.52. The summed E-state index contributed by atoms with van der Waals surface area (Å²) in [6.45, 7) is 43.3. The molecule has 0 radical (unpaired) electrons. The maximum Gasteiger partial charge on any atom is 0.304 e. The van der Waals surface area contributed by atoms with Gasteiger partial charge in [-0.3, -0.25) is 0 Å². The first kappa shape index (κ1) is 32.8. The SMILES string of the molecule is Cc1cc(C)c(C)c(B2OB(c3c(C)c(C)cc(C)c3C)[C@H]([Si](C)(C)C)B(C[Si](C)(C)C)[C@H]2[Si](C)(C)C)c1C. The first-order chi connectivity index (χ1) is 17.6. The van der Waals surface area contributed by atoms with Gasteiger partial charge in [0.05, 0.1) is 0 Å². The molecule has 1 nitrogen and oxygen atoms in total. The standard InChI is InChI=1S/C32H57B3OSi3/c1-21-18-22(2)26(6)29(25(21)5)34-31(38(12,13)14)33(20-37(9,10)11)32(39(15,16)17)35(36-34)30-27(7)23(3)19-24(4)28(30)8/h18-19,31-32H,20H2,1-17H3/t31-,32-/m1/s1. The maximum atomic E-state index is 7.81. The summed E-state index contributed by atoms with van der Waals surface area (Å²) in [6.07, 6.45) is 0. The van der Waals surface area contributed by atoms with Gasteiger partial charge in [-0.05, 0) is 88.6 Å². The molecule has 0 unspecified atom stereocenters. The lowest BCUT2D eigenvalue weighted by atomic mass is 9.20. The Bertz CT molecular complexity index is 1100. The summed E-state index contributed by atoms with van der Waals surface area (Å²) in [7, 11) is -4.61. The monoisotopic (exact) mass is 574 g/mol. The van der Waals surface area contributed by atoms with Gasteiger partial charge >= 0.3 is 13.8 Å². The molecule has 0 amide bonds. The molecule has 7 heteroatoms. The van der Waals surface area contributed by atoms with Crippen LogP contribution < -0.4 is 10.9 Å². The van der Waals surface area contributed by atoms with Crippen LogP contribution in [0.25, 0.3) is 0 Å². The van der Waals surface area contributed by atoms with Gasteiger partial charge in [-0.25, -0.2) is 0 Å². The molecular weight excluding hydrogens is 517 g/mol. The van der Waals surface area contributed by atoms with Gasteiger partial charge in [0.2, 0.25) is 0 Å². The summed E-state index contributed by atoms with van der Waals surface area (Å²) in [6, 6.07) is 4.78. The van der Waals surface area contributed by atoms with Crippen molar-refractivity contribution in [2.45, 2.75) is 131 Å². The zero-order valence-electron chi connectivity index (χ0n) is 28.7. The first-order valence-corrected chi connectivity index (χ1v) is 26.2. The molecule has 39 heavy (non-hydrogen) atoms. The molecule has 0 bridgehead atoms. The molecule has 1 aliphatic rings. The Morgan fingerprint density at radius 3 is 1.05 bits per heavy atom. The number of hydrogen-bond acceptors (Lipinski definition) is 1. The van der Waals surface area contributed by atoms with E-state index < -0.39 is 24.2 Å². The molecule has 2 aromatic rings. The highest BCUT2D eigenvalue weighted by atomic mass is 28.3. The lowest BCUT2D eigenvalue weighted by Crippen LogP contribution is -2.71. The molecule has 1 heterocycles. The summed E-state index contributed by atoms with van der Waals surface area (Å²) >= 11 is 0. The van der Waals surface area contributed by atoms with Crippen LogP contribution >= 0.6 is 0 Å². The van der Waals surface area contributed by atoms with Gasteiger partial charge in [0, 0.05) is 24.2 Å². The fourth-order valence-corrected chi connectivity index (χ4v) is 16.1. The summed E-state index contributed by atoms with van der Waals surface area (Å²) in [5.74, 6) is 1.40. The van der Waals surface area contributed by atoms with Crippen LogP contribution in [-0.4, -0.2) is 44.8 Å². The van der Waals surface area contributed by atoms with E-state index >= 15 is 0 Å². The minimum Gasteiger partial charge on any atom is -0.492 e. The van der Waals surface area contributed by atoms with E-state index in [2.05, 4.69) is 126 Å². The molecule has 2 aromatic carbocycles. The Kier molecular flexibility index (Phi) is 9.36. The van der Waals surface area contributed by atoms with Crippen LogP contribution in [0.5, 0.6) is 0 Å². The summed E-state index contributed by atoms with van der Waals surface area (Å²) < 4.78 is 7.81. The van der Waals surface area contributed by atoms with Crippen LogP contribution in [0.2, 0.25) is 75.5 Å². The maximum absolute atomic E-state index is 7.81. The molecule has 0 N–H and O–H groups in total. The predicted octanol–water partition coefficient (Wildman–Crippen LogP) is 8.23. The topological polar surface area (TPSA) is 9.23 Å². The number of rotatable bonds is 6. The second-order valence-corrected chi connectivity index (χ2v) is 32.9. The Hall–Kier alpha value is -0.755. The van der Waals surface area contributed by atoms with Crippen LogP contribution in [0.4, 0.5) is 0 Å². The second-order valence-electron chi connectivity index (χ2n) is 16.5. The van der Waals surface area contributed by atoms with Crippen LogP contribution in [0.3, 0.4) is 0 Å². The molecule has 212 valence electrons. The fraction of sp³-hybridized carbons (Fsp3) is 0.625. The zero-order valence-corrected chi connectivity index (χ0v) is 31.7. The minimum absolute atomic E-state index is 0.161. The lowest BCUT2D eigenvalue weighted by Gasteiger charge is -2.54. The van der Waals surface area contributed by atoms with Crippen molar-refractivity contribution in [1.29, 1.82) is 0 Å². The molecule has 1 aliphatic heterocycles. The number of benzene rings is 2. The van der Waals surface area contributed by atoms with E-state index in [0.717, 1.165) is 0 Å². The zero-order chi connectivity index (χ0) is 30.0. The van der Waals surface area contributed by atoms with E-state index in [-0.39, 0.29) is 13.8 Å². The highest BCUT2D eigenvalue weighted by Gasteiger charge is 2.60. The van der Waals surface area contributed by atoms with Crippen molar-refractivity contribution < 1.29 is 4.57 Å². The van der Waals surface area contributed by atoms with Crippen LogP contribution in [0, 0.1) is 55.4 Å². The van der Waals surface area contributed by atoms with E-state index in [1.807, 2.05) is 0 Å². The van der Waals surface area contributed by atoms with Gasteiger partial charge in [0.1, 0.15) is 6.71 Å². The second kappa shape index (κ2) is 11.1. The Labute approximate surface area is 247 Å². The molecule has 2 atom stereocenters. The minimum atomic E-state index is -1.63. The average molecular weight is 575 g/mol. The van der Waals surface area contributed by atoms with Crippen molar-refractivity contribution in [3.8, 4) is 0 Å². The van der Waals surface area contributed by atoms with Gasteiger partial charge in [0.15, 0.2) is 0 Å². The van der Waals surface area contributed by atoms with E-state index in [9.17, 15) is 0 Å². The quantitative estimate of drug-likeness (QED) is 0.316. The van der Waals surface area contributed by atoms with E-state index in [1.165, 1.54) is 61.4 Å². The smallest absolute Gasteiger partial charge is 0.304 e. The number of hydrogen-bond donors (Lipinski definition) is 0. The summed E-state index contributed by atoms with van der Waals surface area (Å²) in [5, 5.41) is 1.23. The van der Waals surface area contributed by atoms with Gasteiger partial charge in [0.25, 0.3) is 0 Å². The third-order valence-corrected chi connectivity index (χ3v) is 17.3. The third-order valence-electron chi connectivity index (χ3n) is 10.1. The van der Waals surface area contributed by atoms with Crippen LogP contribution in [0.15, 0.2) is 12.1 Å². The van der Waals surface area contributed by atoms with Gasteiger partial charge in [-0.2, -0.15) is 0 Å². The molecule has 3 rings (SSSR count). The Morgan fingerprint density at radius 1 is 0.538 bits per heavy atom. The molecule has 0 aromatic heterocycles.